The zero-order valence-corrected chi connectivity index (χ0v) is 9.60. The monoisotopic (exact) mass is 193 g/mol. The van der Waals surface area contributed by atoms with Crippen LogP contribution < -0.4 is 5.32 Å². The molecule has 2 aliphatic carbocycles. The van der Waals surface area contributed by atoms with Crippen LogP contribution in [0.5, 0.6) is 0 Å². The zero-order chi connectivity index (χ0) is 10.0. The second-order valence-corrected chi connectivity index (χ2v) is 5.31. The summed E-state index contributed by atoms with van der Waals surface area (Å²) in [6.45, 7) is 5.78. The molecule has 0 aromatic heterocycles. The average Bonchev–Trinajstić information content (AvgIpc) is 2.14. The maximum Gasteiger partial charge on any atom is 0.0341 e. The Morgan fingerprint density at radius 1 is 1.57 bits per heavy atom. The molecule has 1 N–H and O–H groups in total. The van der Waals surface area contributed by atoms with Crippen molar-refractivity contribution in [3.63, 3.8) is 0 Å². The zero-order valence-electron chi connectivity index (χ0n) is 9.60. The number of allylic oxidation sites excluding steroid dienone is 1. The van der Waals surface area contributed by atoms with Crippen molar-refractivity contribution in [1.29, 1.82) is 0 Å². The van der Waals surface area contributed by atoms with Gasteiger partial charge in [-0.05, 0) is 57.9 Å². The van der Waals surface area contributed by atoms with Gasteiger partial charge in [-0.15, -0.1) is 0 Å². The Bertz CT molecular complexity index is 231. The van der Waals surface area contributed by atoms with Gasteiger partial charge in [-0.2, -0.15) is 0 Å². The van der Waals surface area contributed by atoms with Gasteiger partial charge in [0.15, 0.2) is 0 Å². The summed E-state index contributed by atoms with van der Waals surface area (Å²) in [7, 11) is 0. The van der Waals surface area contributed by atoms with Crippen LogP contribution in [0.25, 0.3) is 0 Å². The summed E-state index contributed by atoms with van der Waals surface area (Å²) in [5.41, 5.74) is 2.04. The summed E-state index contributed by atoms with van der Waals surface area (Å²) in [6.07, 6.45) is 10.8. The predicted octanol–water partition coefficient (Wildman–Crippen LogP) is 3.27. The maximum atomic E-state index is 3.70. The van der Waals surface area contributed by atoms with Gasteiger partial charge in [0.1, 0.15) is 0 Å². The second kappa shape index (κ2) is 4.06. The van der Waals surface area contributed by atoms with Crippen molar-refractivity contribution in [1.82, 2.24) is 5.32 Å². The van der Waals surface area contributed by atoms with E-state index in [0.29, 0.717) is 5.54 Å². The molecule has 2 bridgehead atoms. The van der Waals surface area contributed by atoms with Gasteiger partial charge in [0, 0.05) is 5.54 Å². The number of hydrogen-bond donors (Lipinski definition) is 1. The van der Waals surface area contributed by atoms with E-state index in [1.807, 2.05) is 0 Å². The summed E-state index contributed by atoms with van der Waals surface area (Å²) in [6, 6.07) is 0. The van der Waals surface area contributed by atoms with E-state index < -0.39 is 0 Å². The van der Waals surface area contributed by atoms with Crippen LogP contribution in [0.15, 0.2) is 11.6 Å². The van der Waals surface area contributed by atoms with Crippen LogP contribution in [0.3, 0.4) is 0 Å². The summed E-state index contributed by atoms with van der Waals surface area (Å²) in [4.78, 5) is 0. The molecule has 14 heavy (non-hydrogen) atoms. The quantitative estimate of drug-likeness (QED) is 0.678. The molecule has 0 spiro atoms. The Morgan fingerprint density at radius 2 is 2.43 bits per heavy atom. The van der Waals surface area contributed by atoms with Gasteiger partial charge in [0.05, 0.1) is 0 Å². The fourth-order valence-electron chi connectivity index (χ4n) is 3.14. The molecule has 0 aromatic rings. The minimum Gasteiger partial charge on any atom is -0.308 e. The van der Waals surface area contributed by atoms with Crippen molar-refractivity contribution in [2.45, 2.75) is 57.9 Å². The van der Waals surface area contributed by atoms with Crippen LogP contribution in [0, 0.1) is 5.92 Å². The molecule has 1 nitrogen and oxygen atoms in total. The number of fused-ring (bicyclic) bond motifs is 2. The first-order valence-electron chi connectivity index (χ1n) is 6.17. The summed E-state index contributed by atoms with van der Waals surface area (Å²) in [5.74, 6) is 0.970. The van der Waals surface area contributed by atoms with Crippen LogP contribution in [0.4, 0.5) is 0 Å². The topological polar surface area (TPSA) is 12.0 Å². The lowest BCUT2D eigenvalue weighted by Crippen LogP contribution is -2.45. The average molecular weight is 193 g/mol. The van der Waals surface area contributed by atoms with E-state index in [9.17, 15) is 0 Å². The third-order valence-electron chi connectivity index (χ3n) is 3.68. The van der Waals surface area contributed by atoms with E-state index in [1.54, 1.807) is 5.57 Å². The molecule has 0 aliphatic heterocycles. The first-order chi connectivity index (χ1) is 6.72. The molecule has 2 unspecified atom stereocenters. The SMILES string of the molecule is CCCNC1(C)C=C2CCCC(C2)C1. The largest absolute Gasteiger partial charge is 0.308 e. The highest BCUT2D eigenvalue weighted by Crippen LogP contribution is 2.39. The van der Waals surface area contributed by atoms with Gasteiger partial charge < -0.3 is 5.32 Å². The standard InChI is InChI=1S/C13H23N/c1-3-7-14-13(2)9-11-5-4-6-12(8-11)10-13/h9,12,14H,3-8,10H2,1-2H3. The Hall–Kier alpha value is -0.300. The van der Waals surface area contributed by atoms with Gasteiger partial charge in [-0.3, -0.25) is 0 Å². The molecule has 0 heterocycles. The molecule has 0 saturated heterocycles. The first kappa shape index (κ1) is 10.2. The van der Waals surface area contributed by atoms with E-state index in [4.69, 9.17) is 0 Å². The van der Waals surface area contributed by atoms with Crippen LogP contribution in [0.1, 0.15) is 52.4 Å². The van der Waals surface area contributed by atoms with Crippen LogP contribution >= 0.6 is 0 Å². The van der Waals surface area contributed by atoms with E-state index in [1.165, 1.54) is 38.5 Å². The lowest BCUT2D eigenvalue weighted by atomic mass is 9.71. The molecule has 1 saturated carbocycles. The number of rotatable bonds is 3. The van der Waals surface area contributed by atoms with Gasteiger partial charge >= 0.3 is 0 Å². The minimum absolute atomic E-state index is 0.314. The summed E-state index contributed by atoms with van der Waals surface area (Å²) >= 11 is 0. The summed E-state index contributed by atoms with van der Waals surface area (Å²) < 4.78 is 0. The normalized spacial score (nSPS) is 36.7. The van der Waals surface area contributed by atoms with E-state index >= 15 is 0 Å². The van der Waals surface area contributed by atoms with Gasteiger partial charge in [0.2, 0.25) is 0 Å². The van der Waals surface area contributed by atoms with E-state index in [-0.39, 0.29) is 0 Å². The number of hydrogen-bond acceptors (Lipinski definition) is 1. The first-order valence-corrected chi connectivity index (χ1v) is 6.17. The Morgan fingerprint density at radius 3 is 3.14 bits per heavy atom. The van der Waals surface area contributed by atoms with Crippen molar-refractivity contribution in [3.05, 3.63) is 11.6 Å². The molecule has 1 heteroatoms. The molecule has 2 rings (SSSR count). The van der Waals surface area contributed by atoms with Gasteiger partial charge in [-0.1, -0.05) is 18.6 Å². The Kier molecular flexibility index (Phi) is 2.96. The van der Waals surface area contributed by atoms with Gasteiger partial charge in [0.25, 0.3) is 0 Å². The van der Waals surface area contributed by atoms with E-state index in [2.05, 4.69) is 25.2 Å². The van der Waals surface area contributed by atoms with Gasteiger partial charge in [-0.25, -0.2) is 0 Å². The predicted molar refractivity (Wildman–Crippen MR) is 61.4 cm³/mol. The van der Waals surface area contributed by atoms with Crippen molar-refractivity contribution >= 4 is 0 Å². The van der Waals surface area contributed by atoms with Crippen molar-refractivity contribution < 1.29 is 0 Å². The molecule has 2 aliphatic rings. The van der Waals surface area contributed by atoms with Crippen LogP contribution in [-0.2, 0) is 0 Å². The molecule has 0 radical (unpaired) electrons. The second-order valence-electron chi connectivity index (χ2n) is 5.31. The third-order valence-corrected chi connectivity index (χ3v) is 3.68. The van der Waals surface area contributed by atoms with Crippen molar-refractivity contribution in [2.24, 2.45) is 5.92 Å². The molecule has 2 atom stereocenters. The summed E-state index contributed by atoms with van der Waals surface area (Å²) in [5, 5.41) is 3.70. The third kappa shape index (κ3) is 2.20. The van der Waals surface area contributed by atoms with Crippen LogP contribution in [0.2, 0.25) is 0 Å². The highest BCUT2D eigenvalue weighted by atomic mass is 15.0. The molecular weight excluding hydrogens is 170 g/mol. The smallest absolute Gasteiger partial charge is 0.0341 e. The van der Waals surface area contributed by atoms with Crippen molar-refractivity contribution in [3.8, 4) is 0 Å². The maximum absolute atomic E-state index is 3.70. The lowest BCUT2D eigenvalue weighted by Gasteiger charge is -2.40. The van der Waals surface area contributed by atoms with Crippen LogP contribution in [-0.4, -0.2) is 12.1 Å². The highest BCUT2D eigenvalue weighted by Gasteiger charge is 2.32. The molecule has 80 valence electrons. The minimum atomic E-state index is 0.314. The number of nitrogens with one attached hydrogen (secondary N) is 1. The Balaban J connectivity index is 2.05. The molecule has 1 fully saturated rings. The fraction of sp³-hybridized carbons (Fsp3) is 0.846. The van der Waals surface area contributed by atoms with Crippen molar-refractivity contribution in [2.75, 3.05) is 6.54 Å². The lowest BCUT2D eigenvalue weighted by molar-refractivity contribution is 0.268. The fourth-order valence-corrected chi connectivity index (χ4v) is 3.14. The highest BCUT2D eigenvalue weighted by molar-refractivity contribution is 5.20. The molecule has 0 amide bonds. The molecular formula is C13H23N. The molecule has 0 aromatic carbocycles. The Labute approximate surface area is 88.0 Å². The van der Waals surface area contributed by atoms with E-state index in [0.717, 1.165) is 12.5 Å².